The molecular weight excluding hydrogens is 254 g/mol. The van der Waals surface area contributed by atoms with Crippen molar-refractivity contribution in [3.8, 4) is 11.5 Å². The number of aryl methyl sites for hydroxylation is 1. The lowest BCUT2D eigenvalue weighted by molar-refractivity contribution is 0.426. The van der Waals surface area contributed by atoms with Gasteiger partial charge in [-0.05, 0) is 26.0 Å². The van der Waals surface area contributed by atoms with E-state index >= 15 is 0 Å². The SMILES string of the molecule is CCS(=O)(=O)Nc1ccccc1-c1nc(C)no1. The molecule has 1 aromatic heterocycles. The van der Waals surface area contributed by atoms with Gasteiger partial charge in [-0.25, -0.2) is 8.42 Å². The molecule has 2 aromatic rings. The van der Waals surface area contributed by atoms with Crippen molar-refractivity contribution in [1.29, 1.82) is 0 Å². The summed E-state index contributed by atoms with van der Waals surface area (Å²) in [6, 6.07) is 6.89. The van der Waals surface area contributed by atoms with Crippen LogP contribution in [-0.4, -0.2) is 24.3 Å². The van der Waals surface area contributed by atoms with Crippen molar-refractivity contribution in [2.45, 2.75) is 13.8 Å². The molecule has 0 radical (unpaired) electrons. The first-order chi connectivity index (χ1) is 8.52. The third-order valence-electron chi connectivity index (χ3n) is 2.33. The standard InChI is InChI=1S/C11H13N3O3S/c1-3-18(15,16)14-10-7-5-4-6-9(10)11-12-8(2)13-17-11/h4-7,14H,3H2,1-2H3. The first-order valence-corrected chi connectivity index (χ1v) is 7.07. The van der Waals surface area contributed by atoms with Crippen LogP contribution in [0.4, 0.5) is 5.69 Å². The lowest BCUT2D eigenvalue weighted by Gasteiger charge is -2.08. The van der Waals surface area contributed by atoms with Gasteiger partial charge in [0.25, 0.3) is 5.89 Å². The molecule has 0 saturated carbocycles. The van der Waals surface area contributed by atoms with Gasteiger partial charge in [-0.2, -0.15) is 4.98 Å². The topological polar surface area (TPSA) is 85.1 Å². The Hall–Kier alpha value is -1.89. The van der Waals surface area contributed by atoms with Crippen LogP contribution >= 0.6 is 0 Å². The number of sulfonamides is 1. The molecule has 1 heterocycles. The number of para-hydroxylation sites is 1. The molecule has 1 N–H and O–H groups in total. The lowest BCUT2D eigenvalue weighted by Crippen LogP contribution is -2.15. The van der Waals surface area contributed by atoms with Gasteiger partial charge in [-0.15, -0.1) is 0 Å². The minimum absolute atomic E-state index is 0.00416. The van der Waals surface area contributed by atoms with Gasteiger partial charge in [0.15, 0.2) is 5.82 Å². The van der Waals surface area contributed by atoms with Crippen LogP contribution in [0.25, 0.3) is 11.5 Å². The first kappa shape index (κ1) is 12.6. The molecule has 2 rings (SSSR count). The summed E-state index contributed by atoms with van der Waals surface area (Å²) < 4.78 is 30.7. The maximum absolute atomic E-state index is 11.6. The van der Waals surface area contributed by atoms with Crippen molar-refractivity contribution >= 4 is 15.7 Å². The average Bonchev–Trinajstić information content (AvgIpc) is 2.76. The van der Waals surface area contributed by atoms with Gasteiger partial charge in [-0.1, -0.05) is 17.3 Å². The van der Waals surface area contributed by atoms with Crippen LogP contribution in [0.1, 0.15) is 12.7 Å². The average molecular weight is 267 g/mol. The summed E-state index contributed by atoms with van der Waals surface area (Å²) in [5, 5.41) is 3.69. The van der Waals surface area contributed by atoms with Crippen molar-refractivity contribution in [3.63, 3.8) is 0 Å². The number of rotatable bonds is 4. The Balaban J connectivity index is 2.44. The van der Waals surface area contributed by atoms with E-state index in [2.05, 4.69) is 14.9 Å². The van der Waals surface area contributed by atoms with Crippen LogP contribution in [0.3, 0.4) is 0 Å². The van der Waals surface area contributed by atoms with Crippen LogP contribution in [0.5, 0.6) is 0 Å². The van der Waals surface area contributed by atoms with Crippen molar-refractivity contribution in [3.05, 3.63) is 30.1 Å². The fraction of sp³-hybridized carbons (Fsp3) is 0.273. The first-order valence-electron chi connectivity index (χ1n) is 5.42. The Morgan fingerprint density at radius 1 is 1.33 bits per heavy atom. The van der Waals surface area contributed by atoms with E-state index in [9.17, 15) is 8.42 Å². The Morgan fingerprint density at radius 3 is 2.67 bits per heavy atom. The normalized spacial score (nSPS) is 11.4. The predicted octanol–water partition coefficient (Wildman–Crippen LogP) is 1.81. The quantitative estimate of drug-likeness (QED) is 0.913. The number of aromatic nitrogens is 2. The largest absolute Gasteiger partial charge is 0.334 e. The molecule has 0 aliphatic rings. The number of nitrogens with one attached hydrogen (secondary N) is 1. The number of hydrogen-bond acceptors (Lipinski definition) is 5. The summed E-state index contributed by atoms with van der Waals surface area (Å²) in [7, 11) is -3.34. The zero-order valence-corrected chi connectivity index (χ0v) is 10.9. The molecule has 0 spiro atoms. The highest BCUT2D eigenvalue weighted by atomic mass is 32.2. The molecule has 96 valence electrons. The second-order valence-electron chi connectivity index (χ2n) is 3.70. The second-order valence-corrected chi connectivity index (χ2v) is 5.71. The minimum atomic E-state index is -3.34. The van der Waals surface area contributed by atoms with Crippen molar-refractivity contribution in [1.82, 2.24) is 10.1 Å². The molecule has 18 heavy (non-hydrogen) atoms. The Kier molecular flexibility index (Phi) is 3.33. The fourth-order valence-corrected chi connectivity index (χ4v) is 2.06. The molecular formula is C11H13N3O3S. The van der Waals surface area contributed by atoms with Crippen LogP contribution in [0.2, 0.25) is 0 Å². The molecule has 0 bridgehead atoms. The predicted molar refractivity (Wildman–Crippen MR) is 67.6 cm³/mol. The van der Waals surface area contributed by atoms with E-state index in [0.29, 0.717) is 23.0 Å². The van der Waals surface area contributed by atoms with Crippen LogP contribution in [-0.2, 0) is 10.0 Å². The minimum Gasteiger partial charge on any atom is -0.334 e. The third kappa shape index (κ3) is 2.67. The van der Waals surface area contributed by atoms with E-state index in [0.717, 1.165) is 0 Å². The molecule has 0 fully saturated rings. The Morgan fingerprint density at radius 2 is 2.06 bits per heavy atom. The van der Waals surface area contributed by atoms with Gasteiger partial charge in [0.1, 0.15) is 0 Å². The number of hydrogen-bond donors (Lipinski definition) is 1. The summed E-state index contributed by atoms with van der Waals surface area (Å²) >= 11 is 0. The van der Waals surface area contributed by atoms with Crippen molar-refractivity contribution in [2.75, 3.05) is 10.5 Å². The Labute approximate surface area is 105 Å². The molecule has 1 aromatic carbocycles. The van der Waals surface area contributed by atoms with E-state index in [1.54, 1.807) is 38.1 Å². The fourth-order valence-electron chi connectivity index (χ4n) is 1.40. The van der Waals surface area contributed by atoms with Crippen molar-refractivity contribution < 1.29 is 12.9 Å². The Bertz CT molecular complexity index is 649. The highest BCUT2D eigenvalue weighted by Crippen LogP contribution is 2.26. The number of benzene rings is 1. The van der Waals surface area contributed by atoms with Gasteiger partial charge in [0.2, 0.25) is 10.0 Å². The zero-order valence-electron chi connectivity index (χ0n) is 10.0. The number of anilines is 1. The van der Waals surface area contributed by atoms with Gasteiger partial charge in [0, 0.05) is 0 Å². The number of nitrogens with zero attached hydrogens (tertiary/aromatic N) is 2. The molecule has 7 heteroatoms. The van der Waals surface area contributed by atoms with Crippen LogP contribution in [0.15, 0.2) is 28.8 Å². The highest BCUT2D eigenvalue weighted by Gasteiger charge is 2.14. The maximum atomic E-state index is 11.6. The summed E-state index contributed by atoms with van der Waals surface area (Å²) in [6.45, 7) is 3.27. The van der Waals surface area contributed by atoms with Crippen LogP contribution in [0, 0.1) is 6.92 Å². The molecule has 0 atom stereocenters. The van der Waals surface area contributed by atoms with E-state index in [1.165, 1.54) is 0 Å². The lowest BCUT2D eigenvalue weighted by atomic mass is 10.2. The van der Waals surface area contributed by atoms with Crippen molar-refractivity contribution in [2.24, 2.45) is 0 Å². The van der Waals surface area contributed by atoms with E-state index in [1.807, 2.05) is 0 Å². The maximum Gasteiger partial charge on any atom is 0.260 e. The van der Waals surface area contributed by atoms with E-state index < -0.39 is 10.0 Å². The van der Waals surface area contributed by atoms with E-state index in [-0.39, 0.29) is 5.75 Å². The monoisotopic (exact) mass is 267 g/mol. The van der Waals surface area contributed by atoms with E-state index in [4.69, 9.17) is 4.52 Å². The third-order valence-corrected chi connectivity index (χ3v) is 3.62. The zero-order chi connectivity index (χ0) is 13.2. The molecule has 0 amide bonds. The molecule has 0 unspecified atom stereocenters. The smallest absolute Gasteiger partial charge is 0.260 e. The molecule has 6 nitrogen and oxygen atoms in total. The second kappa shape index (κ2) is 4.77. The van der Waals surface area contributed by atoms with Gasteiger partial charge < -0.3 is 4.52 Å². The summed E-state index contributed by atoms with van der Waals surface area (Å²) in [5.74, 6) is 0.796. The molecule has 0 aliphatic carbocycles. The molecule has 0 aliphatic heterocycles. The highest BCUT2D eigenvalue weighted by molar-refractivity contribution is 7.92. The summed E-state index contributed by atoms with van der Waals surface area (Å²) in [4.78, 5) is 4.08. The van der Waals surface area contributed by atoms with Crippen LogP contribution < -0.4 is 4.72 Å². The summed E-state index contributed by atoms with van der Waals surface area (Å²) in [5.41, 5.74) is 0.998. The molecule has 0 saturated heterocycles. The van der Waals surface area contributed by atoms with Gasteiger partial charge in [-0.3, -0.25) is 4.72 Å². The van der Waals surface area contributed by atoms with Gasteiger partial charge >= 0.3 is 0 Å². The van der Waals surface area contributed by atoms with Gasteiger partial charge in [0.05, 0.1) is 17.0 Å². The summed E-state index contributed by atoms with van der Waals surface area (Å²) in [6.07, 6.45) is 0.